The van der Waals surface area contributed by atoms with E-state index in [1.165, 1.54) is 78.6 Å². The number of ether oxygens (including phenoxy) is 3. The zero-order valence-electron chi connectivity index (χ0n) is 31.9. The summed E-state index contributed by atoms with van der Waals surface area (Å²) in [6.45, 7) is 8.29. The zero-order chi connectivity index (χ0) is 39.5. The van der Waals surface area contributed by atoms with Crippen LogP contribution in [0.1, 0.15) is 82.9 Å². The second-order valence-corrected chi connectivity index (χ2v) is 18.3. The van der Waals surface area contributed by atoms with E-state index in [1.54, 1.807) is 0 Å². The number of nitro groups is 1. The lowest BCUT2D eigenvalue weighted by Crippen LogP contribution is -2.70. The monoisotopic (exact) mass is 793 g/mol. The number of fused-ring (bicyclic) bond motifs is 2. The van der Waals surface area contributed by atoms with Crippen molar-refractivity contribution in [3.05, 3.63) is 99.6 Å². The topological polar surface area (TPSA) is 160 Å². The Balaban J connectivity index is 0.000000229. The number of nitrogens with zero attached hydrogens (tertiary/aromatic N) is 2. The van der Waals surface area contributed by atoms with Crippen molar-refractivity contribution in [2.24, 2.45) is 0 Å². The van der Waals surface area contributed by atoms with Gasteiger partial charge in [-0.25, -0.2) is 4.79 Å². The fourth-order valence-electron chi connectivity index (χ4n) is 6.80. The average molecular weight is 794 g/mol. The molecule has 3 unspecified atom stereocenters. The van der Waals surface area contributed by atoms with Gasteiger partial charge in [-0.05, 0) is 74.6 Å². The van der Waals surface area contributed by atoms with Gasteiger partial charge in [0.25, 0.3) is 5.69 Å². The van der Waals surface area contributed by atoms with Crippen LogP contribution in [0.4, 0.5) is 5.69 Å². The number of β-lactam (4-membered cyclic amide) rings is 1. The van der Waals surface area contributed by atoms with Crippen molar-refractivity contribution < 1.29 is 38.1 Å². The third-order valence-corrected chi connectivity index (χ3v) is 13.2. The number of non-ortho nitro benzene ring substituents is 1. The molecule has 0 radical (unpaired) electrons. The molecule has 6 rings (SSSR count). The second kappa shape index (κ2) is 19.5. The Morgan fingerprint density at radius 2 is 1.65 bits per heavy atom. The molecule has 14 heteroatoms. The summed E-state index contributed by atoms with van der Waals surface area (Å²) in [5, 5.41) is 13.4. The van der Waals surface area contributed by atoms with Gasteiger partial charge in [-0.2, -0.15) is 0 Å². The van der Waals surface area contributed by atoms with Crippen molar-refractivity contribution >= 4 is 46.4 Å². The van der Waals surface area contributed by atoms with Gasteiger partial charge in [0.1, 0.15) is 35.1 Å². The quantitative estimate of drug-likeness (QED) is 0.0381. The first kappa shape index (κ1) is 41.9. The standard InChI is InChI=1S/C23H23N3O6S.C18H28O3S/c1-23(2)19(22(29)32-13-15-8-10-16(11-9-15)26(30)31)25-20(28)18(21(25)33-23)24-17(27)12-14-6-4-3-5-7-14;1-3-4-5-6-7-8-11-22(19)15(2)12-16-9-10-17-18(13-16)21-14-20-17/h3-11,18-19,21H,12-13H2,1-2H3,(H,24,27);9-10,13,15H,3-8,11-12,14H2,1-2H3/t18?,19-,21+;/m0./s1. The molecule has 3 aromatic rings. The summed E-state index contributed by atoms with van der Waals surface area (Å²) < 4.78 is 27.9. The number of unbranched alkanes of at least 4 members (excludes halogenated alkanes) is 5. The largest absolute Gasteiger partial charge is 0.616 e. The molecule has 1 N–H and O–H groups in total. The minimum absolute atomic E-state index is 0.0484. The van der Waals surface area contributed by atoms with E-state index in [0.717, 1.165) is 35.7 Å². The van der Waals surface area contributed by atoms with Crippen molar-refractivity contribution in [1.82, 2.24) is 10.2 Å². The van der Waals surface area contributed by atoms with E-state index in [-0.39, 0.29) is 41.2 Å². The number of esters is 1. The molecule has 3 aliphatic heterocycles. The van der Waals surface area contributed by atoms with Crippen LogP contribution < -0.4 is 14.8 Å². The number of hydrogen-bond donors (Lipinski definition) is 1. The summed E-state index contributed by atoms with van der Waals surface area (Å²) in [5.41, 5.74) is 2.58. The van der Waals surface area contributed by atoms with Crippen molar-refractivity contribution in [3.63, 3.8) is 0 Å². The normalized spacial score (nSPS) is 20.0. The fourth-order valence-corrected chi connectivity index (χ4v) is 9.69. The van der Waals surface area contributed by atoms with Gasteiger partial charge in [0.15, 0.2) is 11.5 Å². The summed E-state index contributed by atoms with van der Waals surface area (Å²) in [6.07, 6.45) is 8.50. The molecule has 0 spiro atoms. The SMILES string of the molecule is CC1(C)S[C@@H]2C(NC(=O)Cc3ccccc3)C(=O)N2[C@H]1C(=O)OCc1ccc([N+](=O)[O-])cc1.CCCCCCCC[S+]([O-])C(C)Cc1ccc2c(c1)OCO2. The summed E-state index contributed by atoms with van der Waals surface area (Å²) in [4.78, 5) is 49.9. The van der Waals surface area contributed by atoms with Crippen LogP contribution in [-0.2, 0) is 49.7 Å². The minimum Gasteiger partial charge on any atom is -0.616 e. The summed E-state index contributed by atoms with van der Waals surface area (Å²) in [5.74, 6) is 1.35. The molecule has 0 aliphatic carbocycles. The van der Waals surface area contributed by atoms with Crippen LogP contribution >= 0.6 is 11.8 Å². The highest BCUT2D eigenvalue weighted by Crippen LogP contribution is 2.51. The van der Waals surface area contributed by atoms with Gasteiger partial charge in [0.05, 0.1) is 11.3 Å². The third kappa shape index (κ3) is 11.2. The van der Waals surface area contributed by atoms with Crippen molar-refractivity contribution in [3.8, 4) is 11.5 Å². The number of thioether (sulfide) groups is 1. The van der Waals surface area contributed by atoms with Gasteiger partial charge in [-0.3, -0.25) is 19.7 Å². The van der Waals surface area contributed by atoms with Gasteiger partial charge in [-0.1, -0.05) is 80.2 Å². The Kier molecular flexibility index (Phi) is 14.9. The number of hydrogen-bond acceptors (Lipinski definition) is 10. The lowest BCUT2D eigenvalue weighted by Gasteiger charge is -2.44. The van der Waals surface area contributed by atoms with E-state index in [1.807, 2.05) is 62.4 Å². The Bertz CT molecular complexity index is 1780. The lowest BCUT2D eigenvalue weighted by atomic mass is 9.96. The fraction of sp³-hybridized carbons (Fsp3) is 0.488. The molecule has 0 bridgehead atoms. The molecule has 0 aromatic heterocycles. The number of nitro benzene ring substituents is 1. The van der Waals surface area contributed by atoms with E-state index in [4.69, 9.17) is 14.2 Å². The van der Waals surface area contributed by atoms with Crippen molar-refractivity contribution in [2.45, 2.75) is 113 Å². The van der Waals surface area contributed by atoms with Crippen LogP contribution in [0, 0.1) is 10.1 Å². The van der Waals surface area contributed by atoms with E-state index >= 15 is 0 Å². The lowest BCUT2D eigenvalue weighted by molar-refractivity contribution is -0.384. The highest BCUT2D eigenvalue weighted by molar-refractivity contribution is 8.01. The van der Waals surface area contributed by atoms with Crippen LogP contribution in [0.25, 0.3) is 0 Å². The Morgan fingerprint density at radius 3 is 2.36 bits per heavy atom. The Morgan fingerprint density at radius 1 is 0.982 bits per heavy atom. The van der Waals surface area contributed by atoms with Crippen molar-refractivity contribution in [2.75, 3.05) is 12.5 Å². The maximum absolute atomic E-state index is 12.9. The van der Waals surface area contributed by atoms with E-state index in [2.05, 4.69) is 19.2 Å². The number of rotatable bonds is 17. The highest BCUT2D eigenvalue weighted by atomic mass is 32.2. The molecule has 0 saturated carbocycles. The molecule has 2 amide bonds. The Labute approximate surface area is 330 Å². The highest BCUT2D eigenvalue weighted by Gasteiger charge is 2.64. The number of benzene rings is 3. The van der Waals surface area contributed by atoms with Gasteiger partial charge in [-0.15, -0.1) is 11.8 Å². The van der Waals surface area contributed by atoms with Crippen LogP contribution in [0.15, 0.2) is 72.8 Å². The molecule has 3 aliphatic rings. The zero-order valence-corrected chi connectivity index (χ0v) is 33.5. The average Bonchev–Trinajstić information content (AvgIpc) is 3.74. The molecule has 5 atom stereocenters. The van der Waals surface area contributed by atoms with E-state index < -0.39 is 38.9 Å². The smallest absolute Gasteiger partial charge is 0.330 e. The molecule has 296 valence electrons. The second-order valence-electron chi connectivity index (χ2n) is 14.6. The molecular formula is C41H51N3O9S2. The summed E-state index contributed by atoms with van der Waals surface area (Å²) in [6, 6.07) is 19.5. The Hall–Kier alpha value is -4.27. The number of amides is 2. The first-order valence-corrected chi connectivity index (χ1v) is 21.1. The molecule has 2 fully saturated rings. The molecule has 3 aromatic carbocycles. The molecule has 3 heterocycles. The van der Waals surface area contributed by atoms with Crippen molar-refractivity contribution in [1.29, 1.82) is 0 Å². The predicted molar refractivity (Wildman–Crippen MR) is 213 cm³/mol. The third-order valence-electron chi connectivity index (χ3n) is 9.82. The van der Waals surface area contributed by atoms with E-state index in [9.17, 15) is 29.1 Å². The molecular weight excluding hydrogens is 743 g/mol. The van der Waals surface area contributed by atoms with Crippen LogP contribution in [0.5, 0.6) is 11.5 Å². The summed E-state index contributed by atoms with van der Waals surface area (Å²) in [7, 11) is 0. The van der Waals surface area contributed by atoms with Gasteiger partial charge >= 0.3 is 5.97 Å². The maximum Gasteiger partial charge on any atom is 0.330 e. The first-order chi connectivity index (χ1) is 26.4. The maximum atomic E-state index is 12.9. The van der Waals surface area contributed by atoms with Crippen LogP contribution in [-0.4, -0.2) is 72.2 Å². The molecule has 55 heavy (non-hydrogen) atoms. The van der Waals surface area contributed by atoms with Gasteiger partial charge in [0.2, 0.25) is 18.6 Å². The van der Waals surface area contributed by atoms with Crippen LogP contribution in [0.2, 0.25) is 0 Å². The van der Waals surface area contributed by atoms with Crippen LogP contribution in [0.3, 0.4) is 0 Å². The number of carbonyl (C=O) groups excluding carboxylic acids is 3. The number of nitrogens with one attached hydrogen (secondary N) is 1. The van der Waals surface area contributed by atoms with E-state index in [0.29, 0.717) is 12.4 Å². The molecule has 2 saturated heterocycles. The van der Waals surface area contributed by atoms with Gasteiger partial charge < -0.3 is 29.0 Å². The predicted octanol–water partition coefficient (Wildman–Crippen LogP) is 6.88. The molecule has 12 nitrogen and oxygen atoms in total. The minimum atomic E-state index is -0.791. The number of carbonyl (C=O) groups is 3. The summed E-state index contributed by atoms with van der Waals surface area (Å²) >= 11 is 0.713. The first-order valence-electron chi connectivity index (χ1n) is 18.9. The van der Waals surface area contributed by atoms with Gasteiger partial charge in [0, 0.05) is 23.3 Å².